The molecule has 2 aromatic carbocycles. The molecule has 0 saturated heterocycles. The molecule has 122 valence electrons. The first-order valence-electron chi connectivity index (χ1n) is 7.27. The summed E-state index contributed by atoms with van der Waals surface area (Å²) in [5.41, 5.74) is 0.410. The number of ether oxygens (including phenoxy) is 1. The highest BCUT2D eigenvalue weighted by atomic mass is 16.5. The number of hydrogen-bond donors (Lipinski definition) is 2. The number of esters is 1. The van der Waals surface area contributed by atoms with E-state index in [0.29, 0.717) is 10.6 Å². The Morgan fingerprint density at radius 1 is 1.13 bits per heavy atom. The van der Waals surface area contributed by atoms with Crippen molar-refractivity contribution in [2.45, 2.75) is 25.5 Å². The fraction of sp³-hybridized carbons (Fsp3) is 0.294. The van der Waals surface area contributed by atoms with Crippen LogP contribution in [0.4, 0.5) is 0 Å². The summed E-state index contributed by atoms with van der Waals surface area (Å²) in [4.78, 5) is 22.8. The van der Waals surface area contributed by atoms with Crippen molar-refractivity contribution in [2.75, 3.05) is 7.11 Å². The van der Waals surface area contributed by atoms with E-state index in [2.05, 4.69) is 4.74 Å². The minimum absolute atomic E-state index is 0.0593. The Bertz CT molecular complexity index is 700. The number of benzene rings is 2. The largest absolute Gasteiger partial charge is 0.469 e. The number of fused-ring (bicyclic) bond motifs is 1. The summed E-state index contributed by atoms with van der Waals surface area (Å²) in [6.07, 6.45) is -1.18. The maximum absolute atomic E-state index is 11.9. The summed E-state index contributed by atoms with van der Waals surface area (Å²) >= 11 is 0. The van der Waals surface area contributed by atoms with Crippen LogP contribution in [0.1, 0.15) is 31.1 Å². The van der Waals surface area contributed by atoms with Crippen molar-refractivity contribution in [2.24, 2.45) is 0 Å². The fourth-order valence-corrected chi connectivity index (χ4v) is 2.25. The predicted molar refractivity (Wildman–Crippen MR) is 83.4 cm³/mol. The topological polar surface area (TPSA) is 87.1 Å². The highest BCUT2D eigenvalue weighted by Crippen LogP contribution is 2.22. The number of hydroxylamine groups is 2. The molecule has 6 heteroatoms. The van der Waals surface area contributed by atoms with Gasteiger partial charge in [0.2, 0.25) is 5.91 Å². The maximum Gasteiger partial charge on any atom is 0.305 e. The van der Waals surface area contributed by atoms with Gasteiger partial charge in [-0.05, 0) is 23.3 Å². The first-order chi connectivity index (χ1) is 11.0. The molecule has 23 heavy (non-hydrogen) atoms. The van der Waals surface area contributed by atoms with Crippen LogP contribution in [0.15, 0.2) is 42.5 Å². The van der Waals surface area contributed by atoms with Crippen LogP contribution in [-0.4, -0.2) is 34.4 Å². The summed E-state index contributed by atoms with van der Waals surface area (Å²) in [5.74, 6) is -1.08. The average molecular weight is 317 g/mol. The Hall–Kier alpha value is -2.44. The molecule has 0 fully saturated rings. The number of amides is 1. The highest BCUT2D eigenvalue weighted by Gasteiger charge is 2.21. The smallest absolute Gasteiger partial charge is 0.305 e. The van der Waals surface area contributed by atoms with Gasteiger partial charge < -0.3 is 9.84 Å². The van der Waals surface area contributed by atoms with Crippen LogP contribution in [0.5, 0.6) is 0 Å². The number of methoxy groups -OCH3 is 1. The van der Waals surface area contributed by atoms with Gasteiger partial charge in [0.05, 0.1) is 7.11 Å². The van der Waals surface area contributed by atoms with E-state index in [0.717, 1.165) is 10.8 Å². The molecule has 6 nitrogen and oxygen atoms in total. The van der Waals surface area contributed by atoms with Crippen LogP contribution in [0.25, 0.3) is 10.8 Å². The number of hydrogen-bond acceptors (Lipinski definition) is 5. The Balaban J connectivity index is 2.01. The van der Waals surface area contributed by atoms with Gasteiger partial charge in [-0.25, -0.2) is 0 Å². The number of aliphatic hydroxyl groups is 1. The lowest BCUT2D eigenvalue weighted by molar-refractivity contribution is -0.208. The van der Waals surface area contributed by atoms with Gasteiger partial charge in [0, 0.05) is 18.4 Å². The van der Waals surface area contributed by atoms with E-state index in [1.54, 1.807) is 12.1 Å². The Labute approximate surface area is 133 Å². The Morgan fingerprint density at radius 3 is 2.52 bits per heavy atom. The van der Waals surface area contributed by atoms with Crippen LogP contribution in [0, 0.1) is 0 Å². The van der Waals surface area contributed by atoms with Gasteiger partial charge in [0.1, 0.15) is 0 Å². The van der Waals surface area contributed by atoms with Crippen molar-refractivity contribution in [3.05, 3.63) is 48.0 Å². The van der Waals surface area contributed by atoms with Crippen molar-refractivity contribution in [1.82, 2.24) is 5.06 Å². The number of nitrogens with zero attached hydrogens (tertiary/aromatic N) is 1. The summed E-state index contributed by atoms with van der Waals surface area (Å²) in [6.45, 7) is 0. The summed E-state index contributed by atoms with van der Waals surface area (Å²) in [7, 11) is 1.27. The minimum Gasteiger partial charge on any atom is -0.469 e. The molecule has 0 aromatic heterocycles. The third kappa shape index (κ3) is 4.28. The van der Waals surface area contributed by atoms with Gasteiger partial charge in [-0.1, -0.05) is 36.4 Å². The van der Waals surface area contributed by atoms with Crippen molar-refractivity contribution in [3.63, 3.8) is 0 Å². The van der Waals surface area contributed by atoms with E-state index in [1.165, 1.54) is 7.11 Å². The quantitative estimate of drug-likeness (QED) is 0.370. The molecule has 0 bridgehead atoms. The van der Waals surface area contributed by atoms with Gasteiger partial charge in [0.15, 0.2) is 6.23 Å². The van der Waals surface area contributed by atoms with E-state index < -0.39 is 18.1 Å². The molecule has 0 saturated carbocycles. The van der Waals surface area contributed by atoms with Crippen molar-refractivity contribution in [1.29, 1.82) is 0 Å². The third-order valence-corrected chi connectivity index (χ3v) is 3.56. The van der Waals surface area contributed by atoms with Crippen molar-refractivity contribution in [3.8, 4) is 0 Å². The van der Waals surface area contributed by atoms with Crippen LogP contribution >= 0.6 is 0 Å². The van der Waals surface area contributed by atoms with Gasteiger partial charge in [0.25, 0.3) is 0 Å². The summed E-state index contributed by atoms with van der Waals surface area (Å²) < 4.78 is 4.47. The minimum atomic E-state index is -1.45. The molecule has 1 atom stereocenters. The van der Waals surface area contributed by atoms with Crippen molar-refractivity contribution < 1.29 is 24.6 Å². The monoisotopic (exact) mass is 317 g/mol. The Morgan fingerprint density at radius 2 is 1.83 bits per heavy atom. The SMILES string of the molecule is COC(=O)CCCC(=O)N(O)C(O)c1ccc2ccccc2c1. The molecule has 2 rings (SSSR count). The van der Waals surface area contributed by atoms with Crippen LogP contribution in [0.3, 0.4) is 0 Å². The second-order valence-corrected chi connectivity index (χ2v) is 5.15. The second-order valence-electron chi connectivity index (χ2n) is 5.15. The first kappa shape index (κ1) is 16.9. The molecule has 0 heterocycles. The zero-order chi connectivity index (χ0) is 16.8. The van der Waals surface area contributed by atoms with Gasteiger partial charge in [-0.2, -0.15) is 5.06 Å². The van der Waals surface area contributed by atoms with Gasteiger partial charge >= 0.3 is 5.97 Å². The average Bonchev–Trinajstić information content (AvgIpc) is 2.59. The second kappa shape index (κ2) is 7.71. The van der Waals surface area contributed by atoms with Crippen LogP contribution in [-0.2, 0) is 14.3 Å². The zero-order valence-corrected chi connectivity index (χ0v) is 12.8. The molecule has 2 N–H and O–H groups in total. The molecule has 0 aliphatic carbocycles. The summed E-state index contributed by atoms with van der Waals surface area (Å²) in [5, 5.41) is 22.2. The Kier molecular flexibility index (Phi) is 5.67. The first-order valence-corrected chi connectivity index (χ1v) is 7.27. The molecule has 0 spiro atoms. The standard InChI is InChI=1S/C17H19NO5/c1-23-16(20)8-4-7-15(19)18(22)17(21)14-10-9-12-5-2-3-6-13(12)11-14/h2-3,5-6,9-11,17,21-22H,4,7-8H2,1H3. The predicted octanol–water partition coefficient (Wildman–Crippen LogP) is 2.39. The molecule has 2 aromatic rings. The number of rotatable bonds is 6. The lowest BCUT2D eigenvalue weighted by Gasteiger charge is -2.22. The summed E-state index contributed by atoms with van der Waals surface area (Å²) in [6, 6.07) is 12.8. The molecular weight excluding hydrogens is 298 g/mol. The van der Waals surface area contributed by atoms with E-state index in [-0.39, 0.29) is 19.3 Å². The molecule has 0 aliphatic rings. The molecular formula is C17H19NO5. The number of carbonyl (C=O) groups excluding carboxylic acids is 2. The lowest BCUT2D eigenvalue weighted by Crippen LogP contribution is -2.31. The van der Waals surface area contributed by atoms with E-state index in [4.69, 9.17) is 0 Å². The van der Waals surface area contributed by atoms with Crippen molar-refractivity contribution >= 4 is 22.6 Å². The molecule has 1 unspecified atom stereocenters. The van der Waals surface area contributed by atoms with Crippen LogP contribution in [0.2, 0.25) is 0 Å². The number of carbonyl (C=O) groups is 2. The fourth-order valence-electron chi connectivity index (χ4n) is 2.25. The van der Waals surface area contributed by atoms with Gasteiger partial charge in [-0.3, -0.25) is 14.8 Å². The number of aliphatic hydroxyl groups excluding tert-OH is 1. The third-order valence-electron chi connectivity index (χ3n) is 3.56. The normalized spacial score (nSPS) is 12.0. The highest BCUT2D eigenvalue weighted by molar-refractivity contribution is 5.83. The molecule has 0 aliphatic heterocycles. The lowest BCUT2D eigenvalue weighted by atomic mass is 10.1. The van der Waals surface area contributed by atoms with E-state index in [1.807, 2.05) is 30.3 Å². The van der Waals surface area contributed by atoms with Crippen LogP contribution < -0.4 is 0 Å². The van der Waals surface area contributed by atoms with E-state index >= 15 is 0 Å². The van der Waals surface area contributed by atoms with Gasteiger partial charge in [-0.15, -0.1) is 0 Å². The molecule has 0 radical (unpaired) electrons. The van der Waals surface area contributed by atoms with E-state index in [9.17, 15) is 19.9 Å². The zero-order valence-electron chi connectivity index (χ0n) is 12.8. The molecule has 1 amide bonds. The maximum atomic E-state index is 11.9.